The van der Waals surface area contributed by atoms with Crippen molar-refractivity contribution in [1.82, 2.24) is 0 Å². The van der Waals surface area contributed by atoms with E-state index in [9.17, 15) is 5.11 Å². The summed E-state index contributed by atoms with van der Waals surface area (Å²) < 4.78 is 5.49. The molecule has 0 spiro atoms. The minimum Gasteiger partial charge on any atom is -0.507 e. The van der Waals surface area contributed by atoms with Gasteiger partial charge in [0.25, 0.3) is 0 Å². The number of fused-ring (bicyclic) bond motifs is 1. The van der Waals surface area contributed by atoms with Crippen molar-refractivity contribution in [2.24, 2.45) is 4.99 Å². The lowest BCUT2D eigenvalue weighted by Gasteiger charge is -2.03. The normalized spacial score (nSPS) is 12.0. The van der Waals surface area contributed by atoms with Gasteiger partial charge >= 0.3 is 6.15 Å². The molecule has 0 atom stereocenters. The molecule has 1 heterocycles. The molecule has 0 bridgehead atoms. The first kappa shape index (κ1) is 15.5. The highest BCUT2D eigenvalue weighted by Gasteiger charge is 2.14. The van der Waals surface area contributed by atoms with Crippen LogP contribution in [0.5, 0.6) is 11.5 Å². The highest BCUT2D eigenvalue weighted by Crippen LogP contribution is 2.31. The molecule has 1 N–H and O–H groups in total. The van der Waals surface area contributed by atoms with Crippen LogP contribution in [0, 0.1) is 0 Å². The van der Waals surface area contributed by atoms with Crippen molar-refractivity contribution in [3.63, 3.8) is 0 Å². The van der Waals surface area contributed by atoms with Gasteiger partial charge in [-0.15, -0.1) is 0 Å². The van der Waals surface area contributed by atoms with Crippen molar-refractivity contribution in [2.45, 2.75) is 13.0 Å². The fourth-order valence-electron chi connectivity index (χ4n) is 2.16. The van der Waals surface area contributed by atoms with Crippen LogP contribution in [-0.4, -0.2) is 24.1 Å². The Hall–Kier alpha value is -2.91. The van der Waals surface area contributed by atoms with E-state index in [4.69, 9.17) is 14.3 Å². The largest absolute Gasteiger partial charge is 0.507 e. The molecule has 2 aromatic carbocycles. The number of hydrogen-bond acceptors (Lipinski definition) is 5. The molecule has 3 rings (SSSR count). The van der Waals surface area contributed by atoms with Crippen LogP contribution in [0.2, 0.25) is 0 Å². The summed E-state index contributed by atoms with van der Waals surface area (Å²) in [5.41, 5.74) is 2.92. The van der Waals surface area contributed by atoms with Gasteiger partial charge in [-0.2, -0.15) is 9.59 Å². The van der Waals surface area contributed by atoms with E-state index in [0.29, 0.717) is 18.7 Å². The Labute approximate surface area is 127 Å². The van der Waals surface area contributed by atoms with E-state index in [0.717, 1.165) is 23.3 Å². The maximum Gasteiger partial charge on any atom is 0.373 e. The number of aromatic hydroxyl groups is 1. The number of phenolic OH excluding ortho intramolecular Hbond substituents is 1. The van der Waals surface area contributed by atoms with Crippen LogP contribution in [-0.2, 0) is 22.6 Å². The second-order valence-corrected chi connectivity index (χ2v) is 4.66. The SMILES string of the molecule is O=C=O.Oc1cc2c(cc1C=NCc1ccccc1)OCC2. The molecule has 0 saturated heterocycles. The van der Waals surface area contributed by atoms with Crippen LogP contribution < -0.4 is 4.74 Å². The van der Waals surface area contributed by atoms with Crippen molar-refractivity contribution in [3.05, 3.63) is 59.2 Å². The number of benzene rings is 2. The molecule has 2 aromatic rings. The van der Waals surface area contributed by atoms with Crippen molar-refractivity contribution >= 4 is 12.4 Å². The number of aliphatic imine (C=N–C) groups is 1. The molecule has 0 aromatic heterocycles. The monoisotopic (exact) mass is 297 g/mol. The first-order chi connectivity index (χ1) is 10.7. The lowest BCUT2D eigenvalue weighted by molar-refractivity contribution is -0.191. The second-order valence-electron chi connectivity index (χ2n) is 4.66. The Balaban J connectivity index is 0.000000545. The molecule has 0 fully saturated rings. The van der Waals surface area contributed by atoms with Gasteiger partial charge in [-0.25, -0.2) is 0 Å². The Morgan fingerprint density at radius 1 is 1.23 bits per heavy atom. The summed E-state index contributed by atoms with van der Waals surface area (Å²) in [6, 6.07) is 13.7. The number of rotatable bonds is 3. The van der Waals surface area contributed by atoms with Crippen LogP contribution >= 0.6 is 0 Å². The molecule has 0 unspecified atom stereocenters. The molecule has 0 aliphatic carbocycles. The predicted octanol–water partition coefficient (Wildman–Crippen LogP) is 2.36. The minimum atomic E-state index is 0.250. The quantitative estimate of drug-likeness (QED) is 0.882. The standard InChI is InChI=1S/C16H15NO2.CO2/c18-15-8-13-6-7-19-16(13)9-14(15)11-17-10-12-4-2-1-3-5-12;2-1-3/h1-5,8-9,11,18H,6-7,10H2;. The molecule has 1 aliphatic rings. The minimum absolute atomic E-state index is 0.250. The van der Waals surface area contributed by atoms with Crippen LogP contribution in [0.1, 0.15) is 16.7 Å². The molecule has 5 nitrogen and oxygen atoms in total. The van der Waals surface area contributed by atoms with Crippen molar-refractivity contribution < 1.29 is 19.4 Å². The summed E-state index contributed by atoms with van der Waals surface area (Å²) in [7, 11) is 0. The van der Waals surface area contributed by atoms with Gasteiger partial charge < -0.3 is 9.84 Å². The third kappa shape index (κ3) is 4.04. The highest BCUT2D eigenvalue weighted by atomic mass is 16.5. The van der Waals surface area contributed by atoms with Gasteiger partial charge in [0.2, 0.25) is 0 Å². The summed E-state index contributed by atoms with van der Waals surface area (Å²) in [5, 5.41) is 9.93. The predicted molar refractivity (Wildman–Crippen MR) is 80.1 cm³/mol. The van der Waals surface area contributed by atoms with Gasteiger partial charge in [0, 0.05) is 23.8 Å². The average Bonchev–Trinajstić information content (AvgIpc) is 2.96. The number of carbonyl (C=O) groups excluding carboxylic acids is 2. The Bertz CT molecular complexity index is 689. The second kappa shape index (κ2) is 7.76. The van der Waals surface area contributed by atoms with Crippen LogP contribution in [0.15, 0.2) is 47.5 Å². The summed E-state index contributed by atoms with van der Waals surface area (Å²) in [4.78, 5) is 20.6. The molecule has 22 heavy (non-hydrogen) atoms. The smallest absolute Gasteiger partial charge is 0.373 e. The Morgan fingerprint density at radius 2 is 1.95 bits per heavy atom. The van der Waals surface area contributed by atoms with Gasteiger partial charge in [0.05, 0.1) is 13.2 Å². The van der Waals surface area contributed by atoms with E-state index in [1.54, 1.807) is 12.3 Å². The summed E-state index contributed by atoms with van der Waals surface area (Å²) >= 11 is 0. The number of nitrogens with zero attached hydrogens (tertiary/aromatic N) is 1. The molecular weight excluding hydrogens is 282 g/mol. The molecule has 0 amide bonds. The van der Waals surface area contributed by atoms with Gasteiger partial charge in [-0.1, -0.05) is 30.3 Å². The lowest BCUT2D eigenvalue weighted by atomic mass is 10.1. The number of ether oxygens (including phenoxy) is 1. The van der Waals surface area contributed by atoms with Gasteiger partial charge in [0.1, 0.15) is 11.5 Å². The summed E-state index contributed by atoms with van der Waals surface area (Å²) in [5.74, 6) is 1.13. The zero-order chi connectivity index (χ0) is 15.8. The topological polar surface area (TPSA) is 76.0 Å². The third-order valence-electron chi connectivity index (χ3n) is 3.19. The fourth-order valence-corrected chi connectivity index (χ4v) is 2.16. The highest BCUT2D eigenvalue weighted by molar-refractivity contribution is 5.84. The van der Waals surface area contributed by atoms with E-state index < -0.39 is 0 Å². The fraction of sp³-hybridized carbons (Fsp3) is 0.176. The summed E-state index contributed by atoms with van der Waals surface area (Å²) in [6.45, 7) is 1.30. The molecular formula is C17H15NO4. The molecule has 0 radical (unpaired) electrons. The average molecular weight is 297 g/mol. The van der Waals surface area contributed by atoms with Crippen LogP contribution in [0.25, 0.3) is 0 Å². The maximum atomic E-state index is 9.93. The molecule has 5 heteroatoms. The number of phenols is 1. The first-order valence-corrected chi connectivity index (χ1v) is 6.76. The number of hydrogen-bond donors (Lipinski definition) is 1. The molecule has 1 aliphatic heterocycles. The van der Waals surface area contributed by atoms with E-state index in [2.05, 4.69) is 4.99 Å². The van der Waals surface area contributed by atoms with E-state index in [1.807, 2.05) is 36.4 Å². The van der Waals surface area contributed by atoms with Crippen molar-refractivity contribution in [3.8, 4) is 11.5 Å². The Kier molecular flexibility index (Phi) is 5.46. The van der Waals surface area contributed by atoms with Crippen LogP contribution in [0.4, 0.5) is 0 Å². The Morgan fingerprint density at radius 3 is 2.68 bits per heavy atom. The van der Waals surface area contributed by atoms with Gasteiger partial charge in [-0.3, -0.25) is 4.99 Å². The first-order valence-electron chi connectivity index (χ1n) is 6.76. The zero-order valence-corrected chi connectivity index (χ0v) is 11.9. The zero-order valence-electron chi connectivity index (χ0n) is 11.9. The third-order valence-corrected chi connectivity index (χ3v) is 3.19. The van der Waals surface area contributed by atoms with Crippen molar-refractivity contribution in [2.75, 3.05) is 6.61 Å². The van der Waals surface area contributed by atoms with E-state index >= 15 is 0 Å². The van der Waals surface area contributed by atoms with Gasteiger partial charge in [-0.05, 0) is 17.7 Å². The lowest BCUT2D eigenvalue weighted by Crippen LogP contribution is -1.88. The molecule has 0 saturated carbocycles. The van der Waals surface area contributed by atoms with E-state index in [1.165, 1.54) is 0 Å². The van der Waals surface area contributed by atoms with Crippen molar-refractivity contribution in [1.29, 1.82) is 0 Å². The van der Waals surface area contributed by atoms with E-state index in [-0.39, 0.29) is 11.9 Å². The summed E-state index contributed by atoms with van der Waals surface area (Å²) in [6.07, 6.45) is 2.81. The van der Waals surface area contributed by atoms with Gasteiger partial charge in [0.15, 0.2) is 0 Å². The maximum absolute atomic E-state index is 9.93. The van der Waals surface area contributed by atoms with Crippen LogP contribution in [0.3, 0.4) is 0 Å². The molecule has 112 valence electrons.